The summed E-state index contributed by atoms with van der Waals surface area (Å²) >= 11 is 0. The number of carbonyl (C=O) groups excluding carboxylic acids is 1. The van der Waals surface area contributed by atoms with Crippen LogP contribution >= 0.6 is 0 Å². The van der Waals surface area contributed by atoms with Crippen molar-refractivity contribution in [2.75, 3.05) is 49.1 Å². The summed E-state index contributed by atoms with van der Waals surface area (Å²) in [5.74, 6) is -0.594. The molecule has 7 nitrogen and oxygen atoms in total. The Hall–Kier alpha value is -3.16. The van der Waals surface area contributed by atoms with E-state index >= 15 is 0 Å². The molecular weight excluding hydrogens is 387 g/mol. The summed E-state index contributed by atoms with van der Waals surface area (Å²) in [4.78, 5) is 29.4. The van der Waals surface area contributed by atoms with E-state index in [2.05, 4.69) is 0 Å². The molecule has 30 heavy (non-hydrogen) atoms. The van der Waals surface area contributed by atoms with Gasteiger partial charge in [-0.25, -0.2) is 4.39 Å². The maximum Gasteiger partial charge on any atom is 0.295 e. The van der Waals surface area contributed by atoms with Gasteiger partial charge in [0.1, 0.15) is 5.69 Å². The van der Waals surface area contributed by atoms with Gasteiger partial charge in [-0.05, 0) is 37.5 Å². The minimum absolute atomic E-state index is 0.0436. The van der Waals surface area contributed by atoms with E-state index in [4.69, 9.17) is 0 Å². The molecule has 2 heterocycles. The molecule has 8 heteroatoms. The lowest BCUT2D eigenvalue weighted by atomic mass is 10.1. The summed E-state index contributed by atoms with van der Waals surface area (Å²) < 4.78 is 14.7. The second-order valence-corrected chi connectivity index (χ2v) is 7.74. The zero-order valence-corrected chi connectivity index (χ0v) is 16.8. The molecule has 0 N–H and O–H groups in total. The number of piperazine rings is 1. The van der Waals surface area contributed by atoms with Gasteiger partial charge < -0.3 is 14.7 Å². The summed E-state index contributed by atoms with van der Waals surface area (Å²) in [5.41, 5.74) is 1.26. The van der Waals surface area contributed by atoms with E-state index < -0.39 is 10.7 Å². The molecule has 0 spiro atoms. The first-order valence-corrected chi connectivity index (χ1v) is 10.4. The monoisotopic (exact) mass is 412 g/mol. The van der Waals surface area contributed by atoms with Gasteiger partial charge in [-0.1, -0.05) is 18.2 Å². The Bertz CT molecular complexity index is 923. The minimum Gasteiger partial charge on any atom is -0.369 e. The number of amides is 1. The average Bonchev–Trinajstić information content (AvgIpc) is 2.79. The summed E-state index contributed by atoms with van der Waals surface area (Å²) in [6.45, 7) is 3.36. The van der Waals surface area contributed by atoms with Crippen LogP contribution < -0.4 is 9.80 Å². The van der Waals surface area contributed by atoms with Gasteiger partial charge in [-0.3, -0.25) is 14.9 Å². The van der Waals surface area contributed by atoms with Crippen molar-refractivity contribution in [1.82, 2.24) is 4.90 Å². The standard InChI is InChI=1S/C22H25FN4O3/c23-18-15-21(27(29)30)20(16-19(18)24-9-5-2-6-10-24)25-11-13-26(14-12-25)22(28)17-7-3-1-4-8-17/h1,3-4,7-8,15-16H,2,5-6,9-14H2. The van der Waals surface area contributed by atoms with Crippen LogP contribution in [0.2, 0.25) is 0 Å². The van der Waals surface area contributed by atoms with E-state index in [0.29, 0.717) is 43.1 Å². The van der Waals surface area contributed by atoms with Gasteiger partial charge in [0, 0.05) is 44.8 Å². The van der Waals surface area contributed by atoms with E-state index in [1.54, 1.807) is 23.1 Å². The molecule has 2 saturated heterocycles. The van der Waals surface area contributed by atoms with Gasteiger partial charge in [0.2, 0.25) is 0 Å². The van der Waals surface area contributed by atoms with Crippen molar-refractivity contribution in [3.8, 4) is 0 Å². The number of piperidine rings is 1. The Morgan fingerprint density at radius 1 is 0.867 bits per heavy atom. The van der Waals surface area contributed by atoms with Crippen LogP contribution in [0.25, 0.3) is 0 Å². The Morgan fingerprint density at radius 3 is 2.13 bits per heavy atom. The highest BCUT2D eigenvalue weighted by Crippen LogP contribution is 2.36. The molecule has 0 saturated carbocycles. The number of halogens is 1. The van der Waals surface area contributed by atoms with Crippen LogP contribution in [0.15, 0.2) is 42.5 Å². The van der Waals surface area contributed by atoms with E-state index in [9.17, 15) is 19.3 Å². The molecule has 1 amide bonds. The number of hydrogen-bond donors (Lipinski definition) is 0. The van der Waals surface area contributed by atoms with Crippen molar-refractivity contribution < 1.29 is 14.1 Å². The summed E-state index contributed by atoms with van der Waals surface area (Å²) in [5, 5.41) is 11.6. The van der Waals surface area contributed by atoms with Gasteiger partial charge in [0.15, 0.2) is 5.82 Å². The summed E-state index contributed by atoms with van der Waals surface area (Å²) in [6, 6.07) is 11.7. The maximum absolute atomic E-state index is 14.7. The topological polar surface area (TPSA) is 69.9 Å². The predicted molar refractivity (Wildman–Crippen MR) is 114 cm³/mol. The minimum atomic E-state index is -0.551. The number of rotatable bonds is 4. The zero-order valence-electron chi connectivity index (χ0n) is 16.8. The fourth-order valence-electron chi connectivity index (χ4n) is 4.23. The van der Waals surface area contributed by atoms with E-state index in [-0.39, 0.29) is 11.6 Å². The molecule has 4 rings (SSSR count). The van der Waals surface area contributed by atoms with Crippen LogP contribution in [0, 0.1) is 15.9 Å². The van der Waals surface area contributed by atoms with Gasteiger partial charge in [-0.15, -0.1) is 0 Å². The maximum atomic E-state index is 14.7. The first kappa shape index (κ1) is 20.1. The van der Waals surface area contributed by atoms with E-state index in [0.717, 1.165) is 38.4 Å². The third-order valence-electron chi connectivity index (χ3n) is 5.87. The first-order valence-electron chi connectivity index (χ1n) is 10.4. The number of nitro groups is 1. The highest BCUT2D eigenvalue weighted by atomic mass is 19.1. The number of benzene rings is 2. The number of anilines is 2. The lowest BCUT2D eigenvalue weighted by Crippen LogP contribution is -2.49. The zero-order chi connectivity index (χ0) is 21.1. The molecule has 2 aliphatic heterocycles. The van der Waals surface area contributed by atoms with Gasteiger partial charge in [0.25, 0.3) is 11.6 Å². The molecule has 0 unspecified atom stereocenters. The molecule has 0 bridgehead atoms. The smallest absolute Gasteiger partial charge is 0.295 e. The second kappa shape index (κ2) is 8.69. The van der Waals surface area contributed by atoms with Crippen LogP contribution in [0.5, 0.6) is 0 Å². The molecule has 2 aromatic carbocycles. The van der Waals surface area contributed by atoms with Crippen LogP contribution in [0.1, 0.15) is 29.6 Å². The fraction of sp³-hybridized carbons (Fsp3) is 0.409. The summed E-state index contributed by atoms with van der Waals surface area (Å²) in [7, 11) is 0. The fourth-order valence-corrected chi connectivity index (χ4v) is 4.23. The van der Waals surface area contributed by atoms with E-state index in [1.807, 2.05) is 28.0 Å². The number of nitrogens with zero attached hydrogens (tertiary/aromatic N) is 4. The predicted octanol–water partition coefficient (Wildman–Crippen LogP) is 3.69. The van der Waals surface area contributed by atoms with Crippen LogP contribution in [-0.4, -0.2) is 55.0 Å². The highest BCUT2D eigenvalue weighted by Gasteiger charge is 2.29. The molecule has 0 atom stereocenters. The number of hydrogen-bond acceptors (Lipinski definition) is 5. The summed E-state index contributed by atoms with van der Waals surface area (Å²) in [6.07, 6.45) is 3.10. The van der Waals surface area contributed by atoms with Gasteiger partial charge >= 0.3 is 0 Å². The van der Waals surface area contributed by atoms with E-state index in [1.165, 1.54) is 0 Å². The van der Waals surface area contributed by atoms with Crippen LogP contribution in [-0.2, 0) is 0 Å². The van der Waals surface area contributed by atoms with Gasteiger partial charge in [0.05, 0.1) is 16.7 Å². The lowest BCUT2D eigenvalue weighted by Gasteiger charge is -2.36. The lowest BCUT2D eigenvalue weighted by molar-refractivity contribution is -0.384. The number of carbonyl (C=O) groups is 1. The van der Waals surface area contributed by atoms with Crippen molar-refractivity contribution in [3.05, 3.63) is 64.0 Å². The number of nitro benzene ring substituents is 1. The Labute approximate surface area is 174 Å². The van der Waals surface area contributed by atoms with Crippen molar-refractivity contribution in [3.63, 3.8) is 0 Å². The van der Waals surface area contributed by atoms with Gasteiger partial charge in [-0.2, -0.15) is 0 Å². The van der Waals surface area contributed by atoms with Crippen LogP contribution in [0.3, 0.4) is 0 Å². The molecule has 2 aliphatic rings. The SMILES string of the molecule is O=C(c1ccccc1)N1CCN(c2cc(N3CCCCC3)c(F)cc2[N+](=O)[O-])CC1. The molecular formula is C22H25FN4O3. The highest BCUT2D eigenvalue weighted by molar-refractivity contribution is 5.94. The normalized spacial score (nSPS) is 17.2. The molecule has 158 valence electrons. The Balaban J connectivity index is 1.54. The first-order chi connectivity index (χ1) is 14.5. The average molecular weight is 412 g/mol. The molecule has 0 radical (unpaired) electrons. The third-order valence-corrected chi connectivity index (χ3v) is 5.87. The Kier molecular flexibility index (Phi) is 5.83. The second-order valence-electron chi connectivity index (χ2n) is 7.74. The molecule has 0 aliphatic carbocycles. The third kappa shape index (κ3) is 4.08. The molecule has 0 aromatic heterocycles. The molecule has 2 aromatic rings. The van der Waals surface area contributed by atoms with Crippen LogP contribution in [0.4, 0.5) is 21.5 Å². The van der Waals surface area contributed by atoms with Crippen molar-refractivity contribution >= 4 is 23.0 Å². The van der Waals surface area contributed by atoms with Crippen molar-refractivity contribution in [2.45, 2.75) is 19.3 Å². The Morgan fingerprint density at radius 2 is 1.50 bits per heavy atom. The van der Waals surface area contributed by atoms with Crippen molar-refractivity contribution in [2.24, 2.45) is 0 Å². The molecule has 2 fully saturated rings. The quantitative estimate of drug-likeness (QED) is 0.566. The van der Waals surface area contributed by atoms with Crippen molar-refractivity contribution in [1.29, 1.82) is 0 Å². The largest absolute Gasteiger partial charge is 0.369 e.